The van der Waals surface area contributed by atoms with Crippen LogP contribution in [-0.2, 0) is 21.8 Å². The van der Waals surface area contributed by atoms with Crippen LogP contribution in [0.5, 0.6) is 0 Å². The van der Waals surface area contributed by atoms with Crippen molar-refractivity contribution in [2.24, 2.45) is 5.73 Å². The predicted octanol–water partition coefficient (Wildman–Crippen LogP) is 3.70. The molecule has 168 valence electrons. The van der Waals surface area contributed by atoms with E-state index in [-0.39, 0.29) is 34.1 Å². The van der Waals surface area contributed by atoms with Gasteiger partial charge < -0.3 is 15.1 Å². The van der Waals surface area contributed by atoms with Gasteiger partial charge in [0.2, 0.25) is 5.89 Å². The number of hydrogen-bond donors (Lipinski definition) is 1. The Morgan fingerprint density at radius 3 is 2.66 bits per heavy atom. The molecular weight excluding hydrogens is 455 g/mol. The van der Waals surface area contributed by atoms with E-state index in [1.165, 1.54) is 6.07 Å². The van der Waals surface area contributed by atoms with Gasteiger partial charge in [-0.2, -0.15) is 0 Å². The Hall–Kier alpha value is -2.49. The lowest BCUT2D eigenvalue weighted by Gasteiger charge is -2.26. The smallest absolute Gasteiger partial charge is 0.250 e. The molecule has 0 amide bonds. The van der Waals surface area contributed by atoms with Crippen molar-refractivity contribution in [2.75, 3.05) is 17.2 Å². The molecule has 2 N–H and O–H groups in total. The number of hydrogen-bond acceptors (Lipinski definition) is 7. The molecule has 2 aromatic carbocycles. The largest absolute Gasteiger partial charge is 0.420 e. The van der Waals surface area contributed by atoms with Crippen molar-refractivity contribution in [3.05, 3.63) is 58.7 Å². The molecule has 7 nitrogen and oxygen atoms in total. The van der Waals surface area contributed by atoms with Crippen molar-refractivity contribution in [2.45, 2.75) is 42.7 Å². The first-order valence-corrected chi connectivity index (χ1v) is 12.3. The molecule has 0 spiro atoms. The summed E-state index contributed by atoms with van der Waals surface area (Å²) in [5, 5.41) is 8.72. The zero-order valence-electron chi connectivity index (χ0n) is 17.4. The van der Waals surface area contributed by atoms with Gasteiger partial charge in [-0.1, -0.05) is 30.7 Å². The van der Waals surface area contributed by atoms with Gasteiger partial charge in [0.1, 0.15) is 5.82 Å². The fourth-order valence-electron chi connectivity index (χ4n) is 3.95. The van der Waals surface area contributed by atoms with Crippen molar-refractivity contribution in [3.8, 4) is 11.5 Å². The van der Waals surface area contributed by atoms with Gasteiger partial charge in [0.05, 0.1) is 21.9 Å². The van der Waals surface area contributed by atoms with E-state index in [0.29, 0.717) is 23.1 Å². The molecule has 1 fully saturated rings. The summed E-state index contributed by atoms with van der Waals surface area (Å²) in [6, 6.07) is 9.13. The molecule has 0 radical (unpaired) electrons. The van der Waals surface area contributed by atoms with Crippen molar-refractivity contribution in [1.29, 1.82) is 0 Å². The van der Waals surface area contributed by atoms with Crippen molar-refractivity contribution in [3.63, 3.8) is 0 Å². The fraction of sp³-hybridized carbons (Fsp3) is 0.364. The number of benzene rings is 2. The number of nitrogens with zero attached hydrogens (tertiary/aromatic N) is 3. The van der Waals surface area contributed by atoms with Crippen molar-refractivity contribution >= 4 is 27.1 Å². The van der Waals surface area contributed by atoms with Gasteiger partial charge in [-0.05, 0) is 42.7 Å². The summed E-state index contributed by atoms with van der Waals surface area (Å²) in [7, 11) is -3.78. The van der Waals surface area contributed by atoms with Crippen LogP contribution in [-0.4, -0.2) is 37.0 Å². The lowest BCUT2D eigenvalue weighted by molar-refractivity contribution is 0.456. The normalized spacial score (nSPS) is 21.1. The third-order valence-corrected chi connectivity index (χ3v) is 8.19. The van der Waals surface area contributed by atoms with Gasteiger partial charge in [0.15, 0.2) is 9.84 Å². The van der Waals surface area contributed by atoms with Crippen LogP contribution in [0.1, 0.15) is 31.2 Å². The highest BCUT2D eigenvalue weighted by molar-refractivity contribution is 7.91. The Morgan fingerprint density at radius 2 is 1.97 bits per heavy atom. The summed E-state index contributed by atoms with van der Waals surface area (Å²) >= 11 is 5.99. The Balaban J connectivity index is 1.61. The number of aromatic nitrogens is 2. The first-order chi connectivity index (χ1) is 15.1. The van der Waals surface area contributed by atoms with Gasteiger partial charge in [0, 0.05) is 29.6 Å². The predicted molar refractivity (Wildman–Crippen MR) is 119 cm³/mol. The molecule has 3 aromatic rings. The first-order valence-electron chi connectivity index (χ1n) is 10.3. The van der Waals surface area contributed by atoms with Gasteiger partial charge in [-0.15, -0.1) is 10.2 Å². The molecule has 1 aliphatic heterocycles. The van der Waals surface area contributed by atoms with Crippen LogP contribution in [0.2, 0.25) is 5.02 Å². The Morgan fingerprint density at radius 1 is 1.25 bits per heavy atom. The summed E-state index contributed by atoms with van der Waals surface area (Å²) in [6.07, 6.45) is 1.87. The van der Waals surface area contributed by atoms with Crippen LogP contribution in [0.25, 0.3) is 11.5 Å². The second-order valence-electron chi connectivity index (χ2n) is 8.82. The highest BCUT2D eigenvalue weighted by atomic mass is 35.5. The van der Waals surface area contributed by atoms with E-state index < -0.39 is 21.7 Å². The summed E-state index contributed by atoms with van der Waals surface area (Å²) in [5.41, 5.74) is 7.31. The number of sulfone groups is 1. The molecule has 1 saturated carbocycles. The number of anilines is 1. The molecule has 2 aliphatic rings. The summed E-state index contributed by atoms with van der Waals surface area (Å²) in [4.78, 5) is 1.76. The first kappa shape index (κ1) is 21.4. The average Bonchev–Trinajstić information content (AvgIpc) is 3.30. The van der Waals surface area contributed by atoms with E-state index in [1.54, 1.807) is 12.1 Å². The third kappa shape index (κ3) is 3.89. The highest BCUT2D eigenvalue weighted by Crippen LogP contribution is 2.47. The average molecular weight is 477 g/mol. The minimum Gasteiger partial charge on any atom is -0.420 e. The number of rotatable bonds is 4. The van der Waals surface area contributed by atoms with E-state index in [1.807, 2.05) is 24.0 Å². The zero-order chi connectivity index (χ0) is 22.7. The van der Waals surface area contributed by atoms with Crippen molar-refractivity contribution in [1.82, 2.24) is 10.2 Å². The van der Waals surface area contributed by atoms with E-state index in [0.717, 1.165) is 24.5 Å². The summed E-state index contributed by atoms with van der Waals surface area (Å²) in [6.45, 7) is 2.68. The summed E-state index contributed by atoms with van der Waals surface area (Å²) < 4.78 is 46.8. The molecule has 5 rings (SSSR count). The molecule has 1 aliphatic carbocycles. The lowest BCUT2D eigenvalue weighted by Crippen LogP contribution is -2.39. The highest BCUT2D eigenvalue weighted by Gasteiger charge is 2.44. The quantitative estimate of drug-likeness (QED) is 0.612. The minimum absolute atomic E-state index is 0.0332. The molecule has 1 aromatic heterocycles. The van der Waals surface area contributed by atoms with Crippen LogP contribution < -0.4 is 10.6 Å². The van der Waals surface area contributed by atoms with Gasteiger partial charge >= 0.3 is 0 Å². The van der Waals surface area contributed by atoms with E-state index in [9.17, 15) is 8.42 Å². The molecule has 0 saturated heterocycles. The van der Waals surface area contributed by atoms with Crippen LogP contribution in [0.3, 0.4) is 0 Å². The van der Waals surface area contributed by atoms with Gasteiger partial charge in [-0.25, -0.2) is 12.8 Å². The minimum atomic E-state index is -3.78. The van der Waals surface area contributed by atoms with Gasteiger partial charge in [-0.3, -0.25) is 0 Å². The number of fused-ring (bicyclic) bond motifs is 1. The number of halogens is 2. The maximum Gasteiger partial charge on any atom is 0.250 e. The molecule has 1 atom stereocenters. The van der Waals surface area contributed by atoms with Gasteiger partial charge in [0.25, 0.3) is 5.89 Å². The fourth-order valence-corrected chi connectivity index (χ4v) is 5.71. The van der Waals surface area contributed by atoms with Crippen LogP contribution in [0.4, 0.5) is 10.1 Å². The maximum atomic E-state index is 15.1. The second-order valence-corrected chi connectivity index (χ2v) is 11.3. The van der Waals surface area contributed by atoms with Crippen LogP contribution in [0.15, 0.2) is 45.7 Å². The zero-order valence-corrected chi connectivity index (χ0v) is 19.0. The Labute approximate surface area is 190 Å². The second kappa shape index (κ2) is 7.54. The standard InChI is InChI=1S/C22H22ClFN4O3S/c1-22(6-7-22)21-27-26-20(31-21)16-8-18-19(9-17(16)24)32(29,30)12-15(25)11-28(18)10-13-2-4-14(23)5-3-13/h2-5,8-9,15H,6-7,10-12,25H2,1H3/t15-/m1/s1. The third-order valence-electron chi connectivity index (χ3n) is 6.07. The number of nitrogens with two attached hydrogens (primary N) is 1. The molecular formula is C22H22ClFN4O3S. The molecule has 0 unspecified atom stereocenters. The van der Waals surface area contributed by atoms with Crippen molar-refractivity contribution < 1.29 is 17.2 Å². The van der Waals surface area contributed by atoms with Crippen LogP contribution >= 0.6 is 11.6 Å². The molecule has 0 bridgehead atoms. The maximum absolute atomic E-state index is 15.1. The van der Waals surface area contributed by atoms with E-state index in [2.05, 4.69) is 10.2 Å². The molecule has 10 heteroatoms. The Kier molecular flexibility index (Phi) is 5.03. The van der Waals surface area contributed by atoms with Crippen LogP contribution in [0, 0.1) is 5.82 Å². The van der Waals surface area contributed by atoms with E-state index in [4.69, 9.17) is 21.8 Å². The topological polar surface area (TPSA) is 102 Å². The molecule has 2 heterocycles. The molecule has 32 heavy (non-hydrogen) atoms. The summed E-state index contributed by atoms with van der Waals surface area (Å²) in [5.74, 6) is -0.496. The SMILES string of the molecule is CC1(c2nnc(-c3cc4c(cc3F)S(=O)(=O)C[C@H](N)CN4Cc3ccc(Cl)cc3)o2)CC1. The Bertz CT molecular complexity index is 1290. The van der Waals surface area contributed by atoms with E-state index >= 15 is 4.39 Å². The monoisotopic (exact) mass is 476 g/mol. The lowest BCUT2D eigenvalue weighted by atomic mass is 10.1.